The fourth-order valence-electron chi connectivity index (χ4n) is 13.9. The molecule has 0 radical (unpaired) electrons. The Morgan fingerprint density at radius 3 is 0.417 bits per heavy atom. The summed E-state index contributed by atoms with van der Waals surface area (Å²) in [4.78, 5) is 8.80. The van der Waals surface area contributed by atoms with E-state index in [-0.39, 0.29) is 43.3 Å². The highest BCUT2D eigenvalue weighted by Crippen LogP contribution is 2.57. The molecule has 0 saturated carbocycles. The molecule has 1 aliphatic heterocycles. The van der Waals surface area contributed by atoms with Crippen LogP contribution in [0.5, 0.6) is 46.0 Å². The molecular formula is C92H128N8O8. The number of nitrogens with one attached hydrogen (secondary N) is 4. The fraction of sp³-hybridized carbons (Fsp3) is 0.478. The first-order valence-electron chi connectivity index (χ1n) is 37.7. The lowest BCUT2D eigenvalue weighted by Crippen LogP contribution is -2.21. The minimum Gasteiger partial charge on any atom is -0.492 e. The van der Waals surface area contributed by atoms with E-state index in [1.165, 1.54) is 0 Å². The van der Waals surface area contributed by atoms with Gasteiger partial charge < -0.3 is 78.8 Å². The van der Waals surface area contributed by atoms with E-state index in [9.17, 15) is 0 Å². The van der Waals surface area contributed by atoms with Crippen LogP contribution < -0.4 is 78.8 Å². The molecule has 16 bridgehead atoms. The third-order valence-electron chi connectivity index (χ3n) is 21.1. The van der Waals surface area contributed by atoms with Gasteiger partial charge in [0.05, 0.1) is 148 Å². The number of hydrogen-bond donors (Lipinski definition) is 4. The first-order valence-corrected chi connectivity index (χ1v) is 37.7. The summed E-state index contributed by atoms with van der Waals surface area (Å²) in [5.41, 5.74) is 18.3. The molecule has 0 unspecified atom stereocenters. The maximum atomic E-state index is 6.80. The van der Waals surface area contributed by atoms with Crippen molar-refractivity contribution in [3.8, 4) is 46.0 Å². The minimum absolute atomic E-state index is 0.331. The molecule has 0 amide bonds. The van der Waals surface area contributed by atoms with Gasteiger partial charge in [0.25, 0.3) is 0 Å². The zero-order valence-corrected chi connectivity index (χ0v) is 72.3. The van der Waals surface area contributed by atoms with Gasteiger partial charge >= 0.3 is 0 Å². The maximum Gasteiger partial charge on any atom is 0.166 e. The van der Waals surface area contributed by atoms with Gasteiger partial charge in [-0.3, -0.25) is 0 Å². The molecule has 0 atom stereocenters. The van der Waals surface area contributed by atoms with Crippen LogP contribution in [0.2, 0.25) is 0 Å². The van der Waals surface area contributed by atoms with E-state index in [4.69, 9.17) is 37.9 Å². The van der Waals surface area contributed by atoms with Crippen LogP contribution in [0.1, 0.15) is 211 Å². The van der Waals surface area contributed by atoms with E-state index in [1.54, 1.807) is 56.9 Å². The summed E-state index contributed by atoms with van der Waals surface area (Å²) in [6.07, 6.45) is 0. The summed E-state index contributed by atoms with van der Waals surface area (Å²) in [7, 11) is 22.3. The van der Waals surface area contributed by atoms with Crippen molar-refractivity contribution in [2.75, 3.05) is 126 Å². The molecule has 108 heavy (non-hydrogen) atoms. The van der Waals surface area contributed by atoms with Gasteiger partial charge in [-0.1, -0.05) is 166 Å². The summed E-state index contributed by atoms with van der Waals surface area (Å²) >= 11 is 0. The minimum atomic E-state index is -0.333. The van der Waals surface area contributed by atoms with Gasteiger partial charge in [-0.15, -0.1) is 0 Å². The second kappa shape index (κ2) is 29.9. The number of nitrogens with zero attached hydrogens (tertiary/aromatic N) is 4. The molecule has 0 aromatic heterocycles. The second-order valence-electron chi connectivity index (χ2n) is 37.3. The van der Waals surface area contributed by atoms with Crippen molar-refractivity contribution in [3.05, 3.63) is 142 Å². The van der Waals surface area contributed by atoms with E-state index < -0.39 is 0 Å². The zero-order valence-electron chi connectivity index (χ0n) is 72.3. The highest BCUT2D eigenvalue weighted by atomic mass is 16.5. The molecule has 584 valence electrons. The molecule has 16 heteroatoms. The number of rotatable bonds is 8. The van der Waals surface area contributed by atoms with E-state index >= 15 is 0 Å². The molecule has 4 N–H and O–H groups in total. The summed E-state index contributed by atoms with van der Waals surface area (Å²) in [5.74, 6) is 4.90. The Morgan fingerprint density at radius 2 is 0.287 bits per heavy atom. The quantitative estimate of drug-likeness (QED) is 0.115. The van der Waals surface area contributed by atoms with Crippen LogP contribution in [0, 0.1) is 0 Å². The predicted molar refractivity (Wildman–Crippen MR) is 459 cm³/mol. The average Bonchev–Trinajstić information content (AvgIpc) is 0.761. The maximum absolute atomic E-state index is 6.80. The molecule has 8 aromatic rings. The van der Waals surface area contributed by atoms with Gasteiger partial charge in [0.2, 0.25) is 0 Å². The van der Waals surface area contributed by atoms with Gasteiger partial charge in [0, 0.05) is 28.2 Å². The monoisotopic (exact) mass is 1470 g/mol. The Kier molecular flexibility index (Phi) is 22.8. The molecule has 16 nitrogen and oxygen atoms in total. The summed E-state index contributed by atoms with van der Waals surface area (Å²) in [5, 5.41) is 15.9. The Morgan fingerprint density at radius 1 is 0.176 bits per heavy atom. The Hall–Kier alpha value is -9.44. The van der Waals surface area contributed by atoms with Crippen LogP contribution in [-0.2, 0) is 43.3 Å². The van der Waals surface area contributed by atoms with Crippen LogP contribution in [0.4, 0.5) is 91.0 Å². The van der Waals surface area contributed by atoms with Crippen LogP contribution >= 0.6 is 0 Å². The molecule has 0 saturated heterocycles. The lowest BCUT2D eigenvalue weighted by atomic mass is 9.85. The Bertz CT molecular complexity index is 4130. The average molecular weight is 1470 g/mol. The van der Waals surface area contributed by atoms with Crippen molar-refractivity contribution in [1.82, 2.24) is 0 Å². The Balaban J connectivity index is 1.47. The third-order valence-corrected chi connectivity index (χ3v) is 21.1. The van der Waals surface area contributed by atoms with Gasteiger partial charge in [0.15, 0.2) is 46.0 Å². The van der Waals surface area contributed by atoms with Crippen molar-refractivity contribution in [2.24, 2.45) is 0 Å². The van der Waals surface area contributed by atoms with E-state index in [0.717, 1.165) is 136 Å². The lowest BCUT2D eigenvalue weighted by molar-refractivity contribution is 0.411. The largest absolute Gasteiger partial charge is 0.492 e. The number of hydrogen-bond acceptors (Lipinski definition) is 16. The molecule has 9 rings (SSSR count). The summed E-state index contributed by atoms with van der Waals surface area (Å²) in [6.45, 7) is 53.7. The number of methoxy groups -OCH3 is 8. The van der Waals surface area contributed by atoms with Crippen LogP contribution in [0.3, 0.4) is 0 Å². The molecule has 8 aromatic carbocycles. The first kappa shape index (κ1) is 82.6. The zero-order chi connectivity index (χ0) is 80.6. The predicted octanol–water partition coefficient (Wildman–Crippen LogP) is 24.5. The van der Waals surface area contributed by atoms with Crippen molar-refractivity contribution in [1.29, 1.82) is 0 Å². The third kappa shape index (κ3) is 16.6. The normalized spacial score (nSPS) is 13.6. The van der Waals surface area contributed by atoms with Crippen molar-refractivity contribution in [2.45, 2.75) is 209 Å². The molecule has 1 heterocycles. The smallest absolute Gasteiger partial charge is 0.166 e. The van der Waals surface area contributed by atoms with Crippen LogP contribution in [0.15, 0.2) is 97.1 Å². The Labute approximate surface area is 648 Å². The van der Waals surface area contributed by atoms with Gasteiger partial charge in [-0.05, 0) is 185 Å². The van der Waals surface area contributed by atoms with Crippen LogP contribution in [-0.4, -0.2) is 85.1 Å². The standard InChI is InChI=1S/C92H128N8O8/c1-85(2,3)53-37-61-77(101-29)62(38-53)94-66-42-56(88(10,11)12)46-70(80(66)104-32)98(26)74-50-60(92(22,23)24)52-76(84(74)108-36)100(28)72-48-58(90(16,17)18)44-68(82(72)106-34)96-64-40-54(86(4,5)6)39-63(78(64)102-30)95-67-43-57(89(13,14)15)47-71(81(67)105-33)99(27)75-51-59(91(19,20)21)49-73(83(75)107-35)97(25)69-45-55(87(7,8)9)41-65(93-61)79(69)103-31/h37-52,93-96H,1-36H3. The number of benzene rings is 8. The molecule has 0 aliphatic carbocycles. The lowest BCUT2D eigenvalue weighted by Gasteiger charge is -2.34. The van der Waals surface area contributed by atoms with E-state index in [1.807, 2.05) is 0 Å². The first-order chi connectivity index (χ1) is 49.9. The van der Waals surface area contributed by atoms with Crippen molar-refractivity contribution >= 4 is 91.0 Å². The van der Waals surface area contributed by atoms with Gasteiger partial charge in [-0.2, -0.15) is 0 Å². The van der Waals surface area contributed by atoms with E-state index in [2.05, 4.69) is 332 Å². The number of fused-ring (bicyclic) bond motifs is 16. The fourth-order valence-corrected chi connectivity index (χ4v) is 13.9. The van der Waals surface area contributed by atoms with Gasteiger partial charge in [0.1, 0.15) is 0 Å². The highest BCUT2D eigenvalue weighted by molar-refractivity contribution is 5.94. The topological polar surface area (TPSA) is 135 Å². The summed E-state index contributed by atoms with van der Waals surface area (Å²) < 4.78 is 53.9. The second-order valence-corrected chi connectivity index (χ2v) is 37.3. The summed E-state index contributed by atoms with van der Waals surface area (Å²) in [6, 6.07) is 35.5. The van der Waals surface area contributed by atoms with Crippen molar-refractivity contribution < 1.29 is 37.9 Å². The molecule has 0 fully saturated rings. The van der Waals surface area contributed by atoms with Crippen LogP contribution in [0.25, 0.3) is 0 Å². The SMILES string of the molecule is COc1c2cc(C(C)(C)C)cc1Nc1cc(C(C)(C)C)cc(c1OC)N(C)c1cc(C(C)(C)C)cc(c1OC)N(C)c1cc(C(C)(C)C)cc(c1OC)Nc1cc(C(C)(C)C)cc(c1OC)Nc1cc(C(C)(C)C)cc(c1OC)N(C)c1cc(C(C)(C)C)cc(c1OC)N(C)c1cc(C(C)(C)C)cc(c1OC)N2. The number of anilines is 16. The highest BCUT2D eigenvalue weighted by Gasteiger charge is 2.36. The molecular weight excluding hydrogens is 1350 g/mol. The van der Waals surface area contributed by atoms with E-state index in [0.29, 0.717) is 46.0 Å². The van der Waals surface area contributed by atoms with Gasteiger partial charge in [-0.25, -0.2) is 0 Å². The van der Waals surface area contributed by atoms with Crippen molar-refractivity contribution in [3.63, 3.8) is 0 Å². The molecule has 0 spiro atoms. The number of ether oxygens (including phenoxy) is 8. The molecule has 1 aliphatic rings.